The Morgan fingerprint density at radius 3 is 2.63 bits per heavy atom. The smallest absolute Gasteiger partial charge is 0.306 e. The van der Waals surface area contributed by atoms with Gasteiger partial charge in [-0.25, -0.2) is 4.98 Å². The minimum atomic E-state index is -0.672. The molecule has 4 heterocycles. The lowest BCUT2D eigenvalue weighted by atomic mass is 9.57. The summed E-state index contributed by atoms with van der Waals surface area (Å²) < 4.78 is 0. The summed E-state index contributed by atoms with van der Waals surface area (Å²) in [6, 6.07) is 18.4. The molecular formula is C41H43ClN6O3. The largest absolute Gasteiger partial charge is 0.481 e. The lowest BCUT2D eigenvalue weighted by molar-refractivity contribution is -0.161. The summed E-state index contributed by atoms with van der Waals surface area (Å²) in [5.74, 6) is -0.112. The van der Waals surface area contributed by atoms with E-state index in [1.165, 1.54) is 0 Å². The monoisotopic (exact) mass is 702 g/mol. The maximum atomic E-state index is 11.2. The highest BCUT2D eigenvalue weighted by Crippen LogP contribution is 2.52. The van der Waals surface area contributed by atoms with Gasteiger partial charge in [-0.1, -0.05) is 41.9 Å². The van der Waals surface area contributed by atoms with E-state index in [9.17, 15) is 20.3 Å². The van der Waals surface area contributed by atoms with Crippen LogP contribution in [0.15, 0.2) is 60.9 Å². The number of benzene rings is 2. The van der Waals surface area contributed by atoms with Gasteiger partial charge in [-0.15, -0.1) is 0 Å². The number of rotatable bonds is 11. The van der Waals surface area contributed by atoms with Crippen LogP contribution >= 0.6 is 11.6 Å². The highest BCUT2D eigenvalue weighted by atomic mass is 35.5. The van der Waals surface area contributed by atoms with Crippen LogP contribution in [0.2, 0.25) is 5.02 Å². The highest BCUT2D eigenvalue weighted by Gasteiger charge is 2.54. The van der Waals surface area contributed by atoms with Crippen LogP contribution < -0.4 is 5.32 Å². The average molecular weight is 703 g/mol. The van der Waals surface area contributed by atoms with Gasteiger partial charge in [0.25, 0.3) is 0 Å². The van der Waals surface area contributed by atoms with Crippen molar-refractivity contribution < 1.29 is 15.0 Å². The molecule has 1 saturated carbocycles. The quantitative estimate of drug-likeness (QED) is 0.150. The molecule has 2 aliphatic heterocycles. The van der Waals surface area contributed by atoms with E-state index in [1.54, 1.807) is 6.20 Å². The number of carbonyl (C=O) groups is 1. The van der Waals surface area contributed by atoms with Gasteiger partial charge in [0, 0.05) is 67.9 Å². The Balaban J connectivity index is 1.02. The SMILES string of the molecule is Cc1cc(C=Cc2nccc(-c3cccc(Nc4ccc(CCN5CCC(O)C5)cn4)c3C)c2C#N)c(Cl)cc1CN1CC2(CC(C(=O)O)C2)C1. The molecule has 0 bridgehead atoms. The van der Waals surface area contributed by atoms with E-state index < -0.39 is 5.97 Å². The normalized spacial score (nSPS) is 18.8. The van der Waals surface area contributed by atoms with Crippen molar-refractivity contribution in [1.29, 1.82) is 5.26 Å². The van der Waals surface area contributed by atoms with Crippen LogP contribution in [0.5, 0.6) is 0 Å². The number of nitrogens with zero attached hydrogens (tertiary/aromatic N) is 5. The van der Waals surface area contributed by atoms with Crippen molar-refractivity contribution >= 4 is 41.2 Å². The number of anilines is 2. The Morgan fingerprint density at radius 1 is 1.10 bits per heavy atom. The third kappa shape index (κ3) is 7.56. The zero-order valence-corrected chi connectivity index (χ0v) is 29.8. The zero-order valence-electron chi connectivity index (χ0n) is 29.1. The topological polar surface area (TPSA) is 126 Å². The summed E-state index contributed by atoms with van der Waals surface area (Å²) in [6.45, 7) is 9.37. The number of aliphatic hydroxyl groups excluding tert-OH is 1. The van der Waals surface area contributed by atoms with E-state index in [0.717, 1.165) is 115 Å². The number of aryl methyl sites for hydroxylation is 1. The molecule has 7 rings (SSSR count). The average Bonchev–Trinajstić information content (AvgIpc) is 3.50. The number of halogens is 1. The fourth-order valence-electron chi connectivity index (χ4n) is 7.98. The molecule has 3 aliphatic rings. The number of aliphatic hydroxyl groups is 1. The molecule has 9 nitrogen and oxygen atoms in total. The number of nitrogens with one attached hydrogen (secondary N) is 1. The van der Waals surface area contributed by atoms with E-state index in [1.807, 2.05) is 61.7 Å². The van der Waals surface area contributed by atoms with Crippen molar-refractivity contribution in [3.05, 3.63) is 105 Å². The van der Waals surface area contributed by atoms with Crippen molar-refractivity contribution in [2.45, 2.75) is 52.2 Å². The molecule has 0 amide bonds. The molecule has 1 atom stereocenters. The molecule has 1 unspecified atom stereocenters. The Morgan fingerprint density at radius 2 is 1.92 bits per heavy atom. The minimum Gasteiger partial charge on any atom is -0.481 e. The molecule has 262 valence electrons. The molecule has 10 heteroatoms. The molecule has 2 aromatic heterocycles. The number of hydrogen-bond donors (Lipinski definition) is 3. The van der Waals surface area contributed by atoms with Gasteiger partial charge in [0.15, 0.2) is 0 Å². The zero-order chi connectivity index (χ0) is 35.7. The van der Waals surface area contributed by atoms with Crippen LogP contribution in [0.25, 0.3) is 23.3 Å². The predicted molar refractivity (Wildman–Crippen MR) is 201 cm³/mol. The Bertz CT molecular complexity index is 2010. The molecule has 51 heavy (non-hydrogen) atoms. The van der Waals surface area contributed by atoms with Gasteiger partial charge >= 0.3 is 5.97 Å². The summed E-state index contributed by atoms with van der Waals surface area (Å²) in [4.78, 5) is 25.1. The molecule has 3 fully saturated rings. The summed E-state index contributed by atoms with van der Waals surface area (Å²) in [5.41, 5.74) is 9.18. The van der Waals surface area contributed by atoms with Crippen LogP contribution in [0.4, 0.5) is 11.5 Å². The number of β-amino-alcohol motifs (C(OH)–C–C–N with tert-alkyl or cyclic N) is 1. The molecule has 1 aliphatic carbocycles. The summed E-state index contributed by atoms with van der Waals surface area (Å²) in [6.07, 6.45) is 10.5. The second-order valence-electron chi connectivity index (χ2n) is 14.6. The van der Waals surface area contributed by atoms with Gasteiger partial charge < -0.3 is 20.4 Å². The standard InChI is InChI=1S/C41H43ClN6O3/c1-26-16-29(36(42)17-30(26)22-48-24-41(25-48)18-31(19-41)40(50)51)7-8-38-35(20-43)34(10-13-44-38)33-4-3-5-37(27(33)2)46-39-9-6-28(21-45-39)11-14-47-15-12-32(49)23-47/h3-10,13,16-17,21,31-32,49H,11-12,14-15,18-19,22-25H2,1-2H3,(H,45,46)(H,50,51). The first-order chi connectivity index (χ1) is 24.6. The second-order valence-corrected chi connectivity index (χ2v) is 15.0. The van der Waals surface area contributed by atoms with Crippen LogP contribution in [-0.2, 0) is 17.8 Å². The maximum Gasteiger partial charge on any atom is 0.306 e. The maximum absolute atomic E-state index is 11.2. The number of aliphatic carboxylic acids is 1. The second kappa shape index (κ2) is 14.6. The lowest BCUT2D eigenvalue weighted by Crippen LogP contribution is -2.62. The molecule has 4 aromatic rings. The Labute approximate surface area is 304 Å². The van der Waals surface area contributed by atoms with Gasteiger partial charge in [-0.2, -0.15) is 5.26 Å². The Hall–Kier alpha value is -4.59. The van der Waals surface area contributed by atoms with Gasteiger partial charge in [0.05, 0.1) is 23.3 Å². The molecular weight excluding hydrogens is 660 g/mol. The molecule has 2 saturated heterocycles. The van der Waals surface area contributed by atoms with Gasteiger partial charge in [0.2, 0.25) is 0 Å². The number of hydrogen-bond acceptors (Lipinski definition) is 8. The molecule has 1 spiro atoms. The van der Waals surface area contributed by atoms with Crippen molar-refractivity contribution in [2.24, 2.45) is 11.3 Å². The van der Waals surface area contributed by atoms with Gasteiger partial charge in [-0.05, 0) is 109 Å². The van der Waals surface area contributed by atoms with E-state index in [0.29, 0.717) is 16.3 Å². The first-order valence-electron chi connectivity index (χ1n) is 17.6. The lowest BCUT2D eigenvalue weighted by Gasteiger charge is -2.58. The van der Waals surface area contributed by atoms with E-state index in [-0.39, 0.29) is 17.4 Å². The molecule has 0 radical (unpaired) electrons. The van der Waals surface area contributed by atoms with Gasteiger partial charge in [0.1, 0.15) is 11.9 Å². The fraction of sp³-hybridized carbons (Fsp3) is 0.366. The number of aromatic nitrogens is 2. The fourth-order valence-corrected chi connectivity index (χ4v) is 8.23. The third-order valence-electron chi connectivity index (χ3n) is 10.9. The van der Waals surface area contributed by atoms with Crippen LogP contribution in [0, 0.1) is 36.5 Å². The van der Waals surface area contributed by atoms with Crippen LogP contribution in [0.3, 0.4) is 0 Å². The number of pyridine rings is 2. The number of nitriles is 1. The number of carboxylic acids is 1. The summed E-state index contributed by atoms with van der Waals surface area (Å²) in [5, 5.41) is 33.4. The number of likely N-dealkylation sites (tertiary alicyclic amines) is 2. The van der Waals surface area contributed by atoms with Crippen LogP contribution in [0.1, 0.15) is 58.3 Å². The van der Waals surface area contributed by atoms with E-state index in [2.05, 4.69) is 50.2 Å². The van der Waals surface area contributed by atoms with Crippen molar-refractivity contribution in [1.82, 2.24) is 19.8 Å². The molecule has 3 N–H and O–H groups in total. The van der Waals surface area contributed by atoms with Crippen LogP contribution in [-0.4, -0.2) is 74.8 Å². The molecule has 2 aromatic carbocycles. The highest BCUT2D eigenvalue weighted by molar-refractivity contribution is 6.32. The predicted octanol–water partition coefficient (Wildman–Crippen LogP) is 7.11. The minimum absolute atomic E-state index is 0.184. The Kier molecular flexibility index (Phi) is 9.95. The first kappa shape index (κ1) is 34.8. The van der Waals surface area contributed by atoms with Crippen molar-refractivity contribution in [2.75, 3.05) is 38.0 Å². The van der Waals surface area contributed by atoms with E-state index >= 15 is 0 Å². The summed E-state index contributed by atoms with van der Waals surface area (Å²) >= 11 is 6.78. The van der Waals surface area contributed by atoms with E-state index in [4.69, 9.17) is 11.6 Å². The summed E-state index contributed by atoms with van der Waals surface area (Å²) in [7, 11) is 0. The van der Waals surface area contributed by atoms with Crippen molar-refractivity contribution in [3.63, 3.8) is 0 Å². The van der Waals surface area contributed by atoms with Crippen molar-refractivity contribution in [3.8, 4) is 17.2 Å². The first-order valence-corrected chi connectivity index (χ1v) is 18.0. The number of carboxylic acid groups (broad SMARTS) is 1. The van der Waals surface area contributed by atoms with Gasteiger partial charge in [-0.3, -0.25) is 14.7 Å². The third-order valence-corrected chi connectivity index (χ3v) is 11.2.